The molecule has 0 bridgehead atoms. The van der Waals surface area contributed by atoms with Crippen molar-refractivity contribution in [1.29, 1.82) is 0 Å². The van der Waals surface area contributed by atoms with Crippen LogP contribution in [0.25, 0.3) is 0 Å². The van der Waals surface area contributed by atoms with Gasteiger partial charge in [0, 0.05) is 12.7 Å². The van der Waals surface area contributed by atoms with Gasteiger partial charge in [0.15, 0.2) is 6.29 Å². The Labute approximate surface area is 73.5 Å². The summed E-state index contributed by atoms with van der Waals surface area (Å²) in [4.78, 5) is 10.4. The van der Waals surface area contributed by atoms with Gasteiger partial charge >= 0.3 is 0 Å². The molecule has 0 aliphatic carbocycles. The van der Waals surface area contributed by atoms with Gasteiger partial charge in [-0.2, -0.15) is 5.10 Å². The van der Waals surface area contributed by atoms with Gasteiger partial charge in [-0.25, -0.2) is 0 Å². The van der Waals surface area contributed by atoms with Crippen LogP contribution in [0, 0.1) is 0 Å². The summed E-state index contributed by atoms with van der Waals surface area (Å²) in [5, 5.41) is 4.07. The second kappa shape index (κ2) is 3.67. The smallest absolute Gasteiger partial charge is 0.154 e. The number of rotatable bonds is 3. The van der Waals surface area contributed by atoms with E-state index < -0.39 is 0 Å². The molecule has 0 aliphatic rings. The maximum atomic E-state index is 10.4. The topological polar surface area (TPSA) is 34.9 Å². The fourth-order valence-corrected chi connectivity index (χ4v) is 1.24. The van der Waals surface area contributed by atoms with E-state index in [-0.39, 0.29) is 0 Å². The predicted octanol–water partition coefficient (Wildman–Crippen LogP) is 1.87. The summed E-state index contributed by atoms with van der Waals surface area (Å²) in [5.74, 6) is 0. The van der Waals surface area contributed by atoms with Crippen LogP contribution in [0.15, 0.2) is 10.8 Å². The van der Waals surface area contributed by atoms with Crippen LogP contribution in [-0.2, 0) is 6.54 Å². The molecule has 0 spiro atoms. The highest BCUT2D eigenvalue weighted by Gasteiger charge is 2.02. The minimum atomic E-state index is 0.610. The fourth-order valence-electron chi connectivity index (χ4n) is 0.836. The summed E-state index contributed by atoms with van der Waals surface area (Å²) >= 11 is 3.18. The van der Waals surface area contributed by atoms with Crippen molar-refractivity contribution < 1.29 is 4.79 Å². The Bertz CT molecular complexity index is 257. The quantitative estimate of drug-likeness (QED) is 0.724. The number of hydrogen-bond donors (Lipinski definition) is 0. The van der Waals surface area contributed by atoms with E-state index in [1.54, 1.807) is 10.9 Å². The molecule has 0 N–H and O–H groups in total. The first kappa shape index (κ1) is 8.46. The Kier molecular flexibility index (Phi) is 2.82. The van der Waals surface area contributed by atoms with Gasteiger partial charge in [0.25, 0.3) is 0 Å². The minimum Gasteiger partial charge on any atom is -0.298 e. The van der Waals surface area contributed by atoms with Crippen molar-refractivity contribution in [1.82, 2.24) is 9.78 Å². The molecule has 0 aliphatic heterocycles. The molecule has 1 aromatic heterocycles. The molecule has 0 radical (unpaired) electrons. The van der Waals surface area contributed by atoms with Crippen LogP contribution in [0.5, 0.6) is 0 Å². The van der Waals surface area contributed by atoms with Gasteiger partial charge in [-0.1, -0.05) is 6.92 Å². The molecule has 0 unspecified atom stereocenters. The normalized spacial score (nSPS) is 10.0. The Hall–Kier alpha value is -0.640. The van der Waals surface area contributed by atoms with E-state index in [2.05, 4.69) is 28.0 Å². The zero-order valence-corrected chi connectivity index (χ0v) is 7.84. The average molecular weight is 217 g/mol. The van der Waals surface area contributed by atoms with Crippen LogP contribution in [0.3, 0.4) is 0 Å². The van der Waals surface area contributed by atoms with E-state index in [1.165, 1.54) is 0 Å². The van der Waals surface area contributed by atoms with Crippen molar-refractivity contribution in [3.05, 3.63) is 16.4 Å². The summed E-state index contributed by atoms with van der Waals surface area (Å²) in [5.41, 5.74) is 0.610. The highest BCUT2D eigenvalue weighted by atomic mass is 79.9. The third-order valence-corrected chi connectivity index (χ3v) is 1.94. The van der Waals surface area contributed by atoms with E-state index in [4.69, 9.17) is 0 Å². The molecule has 60 valence electrons. The third-order valence-electron chi connectivity index (χ3n) is 1.32. The molecular formula is C7H9BrN2O. The van der Waals surface area contributed by atoms with Crippen LogP contribution < -0.4 is 0 Å². The highest BCUT2D eigenvalue weighted by Crippen LogP contribution is 2.11. The van der Waals surface area contributed by atoms with Crippen molar-refractivity contribution in [3.8, 4) is 0 Å². The van der Waals surface area contributed by atoms with Crippen molar-refractivity contribution in [2.45, 2.75) is 19.9 Å². The summed E-state index contributed by atoms with van der Waals surface area (Å²) in [6.07, 6.45) is 3.55. The van der Waals surface area contributed by atoms with Gasteiger partial charge in [-0.3, -0.25) is 9.48 Å². The standard InChI is InChI=1S/C7H9BrN2O/c1-2-3-10-4-6(5-11)7(8)9-10/h4-5H,2-3H2,1H3. The van der Waals surface area contributed by atoms with Gasteiger partial charge in [-0.15, -0.1) is 0 Å². The molecule has 11 heavy (non-hydrogen) atoms. The molecule has 1 rings (SSSR count). The summed E-state index contributed by atoms with van der Waals surface area (Å²) in [6, 6.07) is 0. The number of aryl methyl sites for hydroxylation is 1. The van der Waals surface area contributed by atoms with E-state index in [1.807, 2.05) is 0 Å². The Morgan fingerprint density at radius 2 is 2.55 bits per heavy atom. The van der Waals surface area contributed by atoms with Crippen LogP contribution in [0.2, 0.25) is 0 Å². The SMILES string of the molecule is CCCn1cc(C=O)c(Br)n1. The molecule has 0 saturated heterocycles. The van der Waals surface area contributed by atoms with Gasteiger partial charge in [-0.05, 0) is 22.4 Å². The van der Waals surface area contributed by atoms with Gasteiger partial charge in [0.1, 0.15) is 4.60 Å². The highest BCUT2D eigenvalue weighted by molar-refractivity contribution is 9.10. The molecule has 0 aromatic carbocycles. The fraction of sp³-hybridized carbons (Fsp3) is 0.429. The van der Waals surface area contributed by atoms with Crippen LogP contribution in [0.4, 0.5) is 0 Å². The van der Waals surface area contributed by atoms with Crippen molar-refractivity contribution >= 4 is 22.2 Å². The largest absolute Gasteiger partial charge is 0.298 e. The second-order valence-electron chi connectivity index (χ2n) is 2.26. The first-order valence-corrected chi connectivity index (χ1v) is 4.25. The average Bonchev–Trinajstić information content (AvgIpc) is 2.32. The molecule has 1 heterocycles. The maximum absolute atomic E-state index is 10.4. The van der Waals surface area contributed by atoms with Crippen molar-refractivity contribution in [3.63, 3.8) is 0 Å². The Balaban J connectivity index is 2.86. The van der Waals surface area contributed by atoms with Gasteiger partial charge in [0.2, 0.25) is 0 Å². The lowest BCUT2D eigenvalue weighted by atomic mass is 10.4. The Morgan fingerprint density at radius 3 is 3.00 bits per heavy atom. The molecule has 0 atom stereocenters. The van der Waals surface area contributed by atoms with E-state index in [0.717, 1.165) is 19.3 Å². The van der Waals surface area contributed by atoms with Crippen molar-refractivity contribution in [2.24, 2.45) is 0 Å². The summed E-state index contributed by atoms with van der Waals surface area (Å²) in [6.45, 7) is 2.92. The number of carbonyl (C=O) groups excluding carboxylic acids is 1. The molecule has 1 aromatic rings. The monoisotopic (exact) mass is 216 g/mol. The van der Waals surface area contributed by atoms with Crippen LogP contribution >= 0.6 is 15.9 Å². The molecule has 0 amide bonds. The molecule has 4 heteroatoms. The van der Waals surface area contributed by atoms with Gasteiger partial charge < -0.3 is 0 Å². The lowest BCUT2D eigenvalue weighted by Crippen LogP contribution is -1.95. The van der Waals surface area contributed by atoms with Crippen LogP contribution in [-0.4, -0.2) is 16.1 Å². The summed E-state index contributed by atoms with van der Waals surface area (Å²) in [7, 11) is 0. The third kappa shape index (κ3) is 1.89. The predicted molar refractivity (Wildman–Crippen MR) is 45.6 cm³/mol. The number of halogens is 1. The first-order valence-electron chi connectivity index (χ1n) is 3.46. The number of hydrogen-bond acceptors (Lipinski definition) is 2. The van der Waals surface area contributed by atoms with Crippen molar-refractivity contribution in [2.75, 3.05) is 0 Å². The maximum Gasteiger partial charge on any atom is 0.154 e. The first-order chi connectivity index (χ1) is 5.27. The number of aromatic nitrogens is 2. The van der Waals surface area contributed by atoms with E-state index in [9.17, 15) is 4.79 Å². The lowest BCUT2D eigenvalue weighted by molar-refractivity contribution is 0.112. The lowest BCUT2D eigenvalue weighted by Gasteiger charge is -1.93. The number of carbonyl (C=O) groups is 1. The van der Waals surface area contributed by atoms with E-state index in [0.29, 0.717) is 10.2 Å². The molecule has 3 nitrogen and oxygen atoms in total. The molecule has 0 fully saturated rings. The zero-order valence-electron chi connectivity index (χ0n) is 6.25. The molecule has 0 saturated carbocycles. The Morgan fingerprint density at radius 1 is 1.82 bits per heavy atom. The number of aldehydes is 1. The van der Waals surface area contributed by atoms with E-state index >= 15 is 0 Å². The minimum absolute atomic E-state index is 0.610. The van der Waals surface area contributed by atoms with Crippen LogP contribution in [0.1, 0.15) is 23.7 Å². The molecular weight excluding hydrogens is 208 g/mol. The summed E-state index contributed by atoms with van der Waals surface area (Å²) < 4.78 is 2.38. The number of nitrogens with zero attached hydrogens (tertiary/aromatic N) is 2. The zero-order chi connectivity index (χ0) is 8.27. The second-order valence-corrected chi connectivity index (χ2v) is 3.01. The van der Waals surface area contributed by atoms with Gasteiger partial charge in [0.05, 0.1) is 5.56 Å².